The van der Waals surface area contributed by atoms with Crippen LogP contribution in [0, 0.1) is 0 Å². The van der Waals surface area contributed by atoms with Gasteiger partial charge in [-0.1, -0.05) is 18.2 Å². The van der Waals surface area contributed by atoms with Gasteiger partial charge in [-0.25, -0.2) is 0 Å². The molecule has 0 atom stereocenters. The van der Waals surface area contributed by atoms with Crippen LogP contribution in [-0.4, -0.2) is 46.2 Å². The number of carbonyl (C=O) groups is 2. The first-order valence-corrected chi connectivity index (χ1v) is 9.90. The Labute approximate surface area is 162 Å². The fourth-order valence-corrected chi connectivity index (χ4v) is 4.14. The number of likely N-dealkylation sites (N-methyl/N-ethyl adjacent to an activating group) is 1. The molecule has 6 nitrogen and oxygen atoms in total. The second kappa shape index (κ2) is 8.43. The van der Waals surface area contributed by atoms with E-state index in [-0.39, 0.29) is 18.4 Å². The van der Waals surface area contributed by atoms with Gasteiger partial charge in [0.05, 0.1) is 11.5 Å². The summed E-state index contributed by atoms with van der Waals surface area (Å²) in [7, 11) is 0. The number of fused-ring (bicyclic) bond motifs is 1. The van der Waals surface area contributed by atoms with Crippen molar-refractivity contribution in [1.29, 1.82) is 0 Å². The second-order valence-electron chi connectivity index (χ2n) is 5.95. The number of amidine groups is 1. The van der Waals surface area contributed by atoms with Crippen molar-refractivity contribution < 1.29 is 14.3 Å². The summed E-state index contributed by atoms with van der Waals surface area (Å²) in [6, 6.07) is 7.83. The van der Waals surface area contributed by atoms with E-state index in [1.54, 1.807) is 11.8 Å². The van der Waals surface area contributed by atoms with Gasteiger partial charge >= 0.3 is 5.97 Å². The highest BCUT2D eigenvalue weighted by Gasteiger charge is 2.32. The summed E-state index contributed by atoms with van der Waals surface area (Å²) in [5, 5.41) is 1.73. The lowest BCUT2D eigenvalue weighted by atomic mass is 10.1. The van der Waals surface area contributed by atoms with Crippen molar-refractivity contribution in [3.8, 4) is 0 Å². The molecule has 0 bridgehead atoms. The van der Waals surface area contributed by atoms with Gasteiger partial charge in [0.25, 0.3) is 5.91 Å². The molecule has 1 aromatic carbocycles. The van der Waals surface area contributed by atoms with Crippen molar-refractivity contribution in [3.05, 3.63) is 40.9 Å². The van der Waals surface area contributed by atoms with Crippen LogP contribution < -0.4 is 0 Å². The van der Waals surface area contributed by atoms with Crippen LogP contribution in [-0.2, 0) is 20.9 Å². The van der Waals surface area contributed by atoms with Crippen molar-refractivity contribution in [2.24, 2.45) is 4.99 Å². The van der Waals surface area contributed by atoms with E-state index in [2.05, 4.69) is 4.99 Å². The maximum atomic E-state index is 12.7. The van der Waals surface area contributed by atoms with E-state index in [0.717, 1.165) is 21.6 Å². The van der Waals surface area contributed by atoms with Crippen molar-refractivity contribution in [2.75, 3.05) is 19.7 Å². The molecule has 2 aromatic rings. The van der Waals surface area contributed by atoms with Gasteiger partial charge in [0.15, 0.2) is 5.17 Å². The molecule has 142 valence electrons. The number of carbonyl (C=O) groups excluding carboxylic acids is 2. The maximum Gasteiger partial charge on any atom is 0.325 e. The standard InChI is InChI=1S/C20H23N3O3S/c1-4-21-20-23(5-2)19(25)17(27-20)11-14-12-22(13-18(24)26-6-3)16-10-8-7-9-15(14)16/h7-12H,4-6,13H2,1-3H3/b17-11+,21-20?. The zero-order valence-electron chi connectivity index (χ0n) is 15.8. The molecule has 1 aliphatic heterocycles. The summed E-state index contributed by atoms with van der Waals surface area (Å²) in [4.78, 5) is 31.4. The lowest BCUT2D eigenvalue weighted by Crippen LogP contribution is -2.28. The minimum atomic E-state index is -0.279. The number of thioether (sulfide) groups is 1. The number of nitrogens with zero attached hydrogens (tertiary/aromatic N) is 3. The third-order valence-corrected chi connectivity index (χ3v) is 5.25. The lowest BCUT2D eigenvalue weighted by Gasteiger charge is -2.11. The van der Waals surface area contributed by atoms with E-state index < -0.39 is 0 Å². The van der Waals surface area contributed by atoms with E-state index in [9.17, 15) is 9.59 Å². The zero-order chi connectivity index (χ0) is 19.4. The van der Waals surface area contributed by atoms with Gasteiger partial charge in [0.1, 0.15) is 6.54 Å². The number of rotatable bonds is 6. The third kappa shape index (κ3) is 3.93. The molecule has 0 N–H and O–H groups in total. The molecule has 0 unspecified atom stereocenters. The molecule has 0 saturated carbocycles. The zero-order valence-corrected chi connectivity index (χ0v) is 16.6. The van der Waals surface area contributed by atoms with E-state index in [0.29, 0.717) is 24.6 Å². The van der Waals surface area contributed by atoms with Crippen LogP contribution >= 0.6 is 11.8 Å². The summed E-state index contributed by atoms with van der Waals surface area (Å²) in [5.41, 5.74) is 1.84. The van der Waals surface area contributed by atoms with E-state index in [1.807, 2.05) is 55.0 Å². The maximum absolute atomic E-state index is 12.7. The minimum Gasteiger partial charge on any atom is -0.465 e. The molecule has 0 radical (unpaired) electrons. The Balaban J connectivity index is 2.00. The molecule has 1 fully saturated rings. The fourth-order valence-electron chi connectivity index (χ4n) is 3.05. The van der Waals surface area contributed by atoms with Gasteiger partial charge in [-0.2, -0.15) is 0 Å². The van der Waals surface area contributed by atoms with Crippen LogP contribution in [0.4, 0.5) is 0 Å². The van der Waals surface area contributed by atoms with Gasteiger partial charge in [0, 0.05) is 35.8 Å². The fraction of sp³-hybridized carbons (Fsp3) is 0.350. The van der Waals surface area contributed by atoms with Crippen molar-refractivity contribution in [2.45, 2.75) is 27.3 Å². The van der Waals surface area contributed by atoms with Crippen molar-refractivity contribution in [3.63, 3.8) is 0 Å². The van der Waals surface area contributed by atoms with Gasteiger partial charge < -0.3 is 9.30 Å². The monoisotopic (exact) mass is 385 g/mol. The smallest absolute Gasteiger partial charge is 0.325 e. The molecule has 0 spiro atoms. The Bertz CT molecular complexity index is 930. The van der Waals surface area contributed by atoms with E-state index >= 15 is 0 Å². The Hall–Kier alpha value is -2.54. The summed E-state index contributed by atoms with van der Waals surface area (Å²) in [6.45, 7) is 7.41. The lowest BCUT2D eigenvalue weighted by molar-refractivity contribution is -0.143. The van der Waals surface area contributed by atoms with Crippen LogP contribution in [0.5, 0.6) is 0 Å². The summed E-state index contributed by atoms with van der Waals surface area (Å²) in [6.07, 6.45) is 3.78. The third-order valence-electron chi connectivity index (χ3n) is 4.21. The van der Waals surface area contributed by atoms with Crippen molar-refractivity contribution in [1.82, 2.24) is 9.47 Å². The average Bonchev–Trinajstić information content (AvgIpc) is 3.14. The van der Waals surface area contributed by atoms with Gasteiger partial charge in [-0.3, -0.25) is 19.5 Å². The Morgan fingerprint density at radius 1 is 1.26 bits per heavy atom. The van der Waals surface area contributed by atoms with Crippen LogP contribution in [0.2, 0.25) is 0 Å². The molecule has 1 saturated heterocycles. The molecular weight excluding hydrogens is 362 g/mol. The summed E-state index contributed by atoms with van der Waals surface area (Å²) >= 11 is 1.40. The molecule has 1 aromatic heterocycles. The highest BCUT2D eigenvalue weighted by atomic mass is 32.2. The van der Waals surface area contributed by atoms with E-state index in [1.165, 1.54) is 11.8 Å². The molecule has 3 rings (SSSR count). The number of aromatic nitrogens is 1. The SMILES string of the molecule is CCN=C1S/C(=C/c2cn(CC(=O)OCC)c3ccccc23)C(=O)N1CC. The Kier molecular flexibility index (Phi) is 6.01. The normalized spacial score (nSPS) is 17.4. The minimum absolute atomic E-state index is 0.0306. The first kappa shape index (κ1) is 19.2. The van der Waals surface area contributed by atoms with Crippen molar-refractivity contribution >= 4 is 45.8 Å². The summed E-state index contributed by atoms with van der Waals surface area (Å²) in [5.74, 6) is -0.310. The second-order valence-corrected chi connectivity index (χ2v) is 6.96. The summed E-state index contributed by atoms with van der Waals surface area (Å²) < 4.78 is 6.93. The molecule has 1 aliphatic rings. The number of esters is 1. The Morgan fingerprint density at radius 2 is 2.04 bits per heavy atom. The Morgan fingerprint density at radius 3 is 2.74 bits per heavy atom. The first-order chi connectivity index (χ1) is 13.1. The highest BCUT2D eigenvalue weighted by Crippen LogP contribution is 2.34. The number of amides is 1. The van der Waals surface area contributed by atoms with Crippen LogP contribution in [0.3, 0.4) is 0 Å². The average molecular weight is 385 g/mol. The predicted molar refractivity (Wildman–Crippen MR) is 110 cm³/mol. The van der Waals surface area contributed by atoms with Gasteiger partial charge in [-0.15, -0.1) is 0 Å². The van der Waals surface area contributed by atoms with E-state index in [4.69, 9.17) is 4.74 Å². The molecule has 0 aliphatic carbocycles. The largest absolute Gasteiger partial charge is 0.465 e. The quantitative estimate of drug-likeness (QED) is 0.564. The first-order valence-electron chi connectivity index (χ1n) is 9.08. The predicted octanol–water partition coefficient (Wildman–Crippen LogP) is 3.52. The number of ether oxygens (including phenoxy) is 1. The molecule has 27 heavy (non-hydrogen) atoms. The molecular formula is C20H23N3O3S. The number of aliphatic imine (C=N–C) groups is 1. The number of benzene rings is 1. The van der Waals surface area contributed by atoms with Crippen LogP contribution in [0.25, 0.3) is 17.0 Å². The van der Waals surface area contributed by atoms with Gasteiger partial charge in [-0.05, 0) is 44.7 Å². The van der Waals surface area contributed by atoms with Crippen LogP contribution in [0.15, 0.2) is 40.4 Å². The molecule has 7 heteroatoms. The number of para-hydroxylation sites is 1. The number of hydrogen-bond acceptors (Lipinski definition) is 5. The molecule has 1 amide bonds. The number of hydrogen-bond donors (Lipinski definition) is 0. The molecule has 2 heterocycles. The van der Waals surface area contributed by atoms with Crippen LogP contribution in [0.1, 0.15) is 26.3 Å². The topological polar surface area (TPSA) is 63.9 Å². The highest BCUT2D eigenvalue weighted by molar-refractivity contribution is 8.18. The van der Waals surface area contributed by atoms with Gasteiger partial charge in [0.2, 0.25) is 0 Å².